The van der Waals surface area contributed by atoms with Crippen LogP contribution in [-0.2, 0) is 0 Å². The number of hydrogen-bond acceptors (Lipinski definition) is 2. The Balaban J connectivity index is 2.36. The summed E-state index contributed by atoms with van der Waals surface area (Å²) in [6.07, 6.45) is 5.38. The third-order valence-electron chi connectivity index (χ3n) is 3.07. The van der Waals surface area contributed by atoms with Crippen LogP contribution in [0.5, 0.6) is 0 Å². The molecular formula is C11H24N2. The molecule has 13 heavy (non-hydrogen) atoms. The van der Waals surface area contributed by atoms with E-state index in [0.29, 0.717) is 12.1 Å². The molecule has 2 nitrogen and oxygen atoms in total. The van der Waals surface area contributed by atoms with Gasteiger partial charge in [-0.3, -0.25) is 4.90 Å². The molecule has 0 amide bonds. The number of hydrogen-bond donors (Lipinski definition) is 1. The van der Waals surface area contributed by atoms with Crippen LogP contribution in [0.3, 0.4) is 0 Å². The molecule has 0 bridgehead atoms. The van der Waals surface area contributed by atoms with Crippen molar-refractivity contribution >= 4 is 0 Å². The van der Waals surface area contributed by atoms with Crippen molar-refractivity contribution in [1.82, 2.24) is 4.90 Å². The number of nitrogens with zero attached hydrogens (tertiary/aromatic N) is 1. The van der Waals surface area contributed by atoms with Crippen molar-refractivity contribution < 1.29 is 0 Å². The monoisotopic (exact) mass is 184 g/mol. The molecule has 2 N–H and O–H groups in total. The Morgan fingerprint density at radius 3 is 2.38 bits per heavy atom. The van der Waals surface area contributed by atoms with Gasteiger partial charge in [0, 0.05) is 18.1 Å². The molecule has 2 atom stereocenters. The zero-order valence-corrected chi connectivity index (χ0v) is 9.29. The number of unbranched alkanes of at least 4 members (excludes halogenated alkanes) is 1. The summed E-state index contributed by atoms with van der Waals surface area (Å²) in [5, 5.41) is 0. The Kier molecular flexibility index (Phi) is 4.20. The fourth-order valence-electron chi connectivity index (χ4n) is 1.77. The zero-order valence-electron chi connectivity index (χ0n) is 9.29. The van der Waals surface area contributed by atoms with Crippen LogP contribution < -0.4 is 5.73 Å². The molecule has 1 fully saturated rings. The summed E-state index contributed by atoms with van der Waals surface area (Å²) in [6, 6.07) is 1.71. The quantitative estimate of drug-likeness (QED) is 0.684. The first-order valence-corrected chi connectivity index (χ1v) is 5.68. The van der Waals surface area contributed by atoms with Gasteiger partial charge in [-0.2, -0.15) is 0 Å². The van der Waals surface area contributed by atoms with Crippen molar-refractivity contribution in [3.05, 3.63) is 0 Å². The van der Waals surface area contributed by atoms with Gasteiger partial charge in [0.05, 0.1) is 0 Å². The van der Waals surface area contributed by atoms with Gasteiger partial charge in [-0.1, -0.05) is 13.3 Å². The first kappa shape index (κ1) is 11.0. The summed E-state index contributed by atoms with van der Waals surface area (Å²) in [5.41, 5.74) is 5.93. The fraction of sp³-hybridized carbons (Fsp3) is 1.00. The van der Waals surface area contributed by atoms with Gasteiger partial charge in [-0.15, -0.1) is 0 Å². The second kappa shape index (κ2) is 4.97. The number of nitrogens with two attached hydrogens (primary N) is 1. The molecule has 78 valence electrons. The van der Waals surface area contributed by atoms with Crippen LogP contribution in [0.25, 0.3) is 0 Å². The van der Waals surface area contributed by atoms with E-state index in [1.165, 1.54) is 32.2 Å². The topological polar surface area (TPSA) is 29.3 Å². The van der Waals surface area contributed by atoms with E-state index in [0.717, 1.165) is 6.04 Å². The first-order chi connectivity index (χ1) is 6.16. The maximum atomic E-state index is 5.93. The summed E-state index contributed by atoms with van der Waals surface area (Å²) in [5.74, 6) is 0. The molecule has 2 heteroatoms. The van der Waals surface area contributed by atoms with Crippen molar-refractivity contribution in [2.75, 3.05) is 6.54 Å². The molecule has 0 spiro atoms. The highest BCUT2D eigenvalue weighted by atomic mass is 15.2. The Labute approximate surface area is 82.5 Å². The van der Waals surface area contributed by atoms with Crippen molar-refractivity contribution in [3.63, 3.8) is 0 Å². The maximum absolute atomic E-state index is 5.93. The second-order valence-corrected chi connectivity index (χ2v) is 4.42. The number of rotatable bonds is 6. The zero-order chi connectivity index (χ0) is 9.84. The van der Waals surface area contributed by atoms with E-state index < -0.39 is 0 Å². The normalized spacial score (nSPS) is 21.9. The standard InChI is InChI=1S/C11H24N2/c1-4-5-8-13(11-6-7-11)10(3)9(2)12/h9-11H,4-8,12H2,1-3H3. The summed E-state index contributed by atoms with van der Waals surface area (Å²) in [6.45, 7) is 7.87. The molecule has 0 aromatic rings. The van der Waals surface area contributed by atoms with Crippen LogP contribution in [0, 0.1) is 0 Å². The molecule has 0 aromatic carbocycles. The van der Waals surface area contributed by atoms with Crippen molar-refractivity contribution in [2.45, 2.75) is 64.6 Å². The highest BCUT2D eigenvalue weighted by Gasteiger charge is 2.32. The van der Waals surface area contributed by atoms with Crippen molar-refractivity contribution in [2.24, 2.45) is 5.73 Å². The fourth-order valence-corrected chi connectivity index (χ4v) is 1.77. The molecule has 0 saturated heterocycles. The van der Waals surface area contributed by atoms with E-state index in [1.807, 2.05) is 0 Å². The predicted molar refractivity (Wildman–Crippen MR) is 57.7 cm³/mol. The minimum atomic E-state index is 0.303. The molecule has 0 heterocycles. The Bertz CT molecular complexity index is 141. The van der Waals surface area contributed by atoms with Crippen molar-refractivity contribution in [3.8, 4) is 0 Å². The van der Waals surface area contributed by atoms with Crippen molar-refractivity contribution in [1.29, 1.82) is 0 Å². The molecule has 1 saturated carbocycles. The van der Waals surface area contributed by atoms with Gasteiger partial charge >= 0.3 is 0 Å². The predicted octanol–water partition coefficient (Wildman–Crippen LogP) is 1.99. The highest BCUT2D eigenvalue weighted by molar-refractivity contribution is 4.89. The van der Waals surface area contributed by atoms with Gasteiger partial charge in [-0.25, -0.2) is 0 Å². The lowest BCUT2D eigenvalue weighted by Gasteiger charge is -2.31. The maximum Gasteiger partial charge on any atom is 0.0219 e. The highest BCUT2D eigenvalue weighted by Crippen LogP contribution is 2.29. The van der Waals surface area contributed by atoms with Gasteiger partial charge in [0.15, 0.2) is 0 Å². The molecular weight excluding hydrogens is 160 g/mol. The average Bonchev–Trinajstić information content (AvgIpc) is 2.88. The van der Waals surface area contributed by atoms with E-state index in [4.69, 9.17) is 5.73 Å². The smallest absolute Gasteiger partial charge is 0.0219 e. The van der Waals surface area contributed by atoms with Gasteiger partial charge in [-0.05, 0) is 39.7 Å². The summed E-state index contributed by atoms with van der Waals surface area (Å²) >= 11 is 0. The molecule has 1 aliphatic rings. The van der Waals surface area contributed by atoms with Crippen LogP contribution in [-0.4, -0.2) is 29.6 Å². The van der Waals surface area contributed by atoms with E-state index in [2.05, 4.69) is 25.7 Å². The SMILES string of the molecule is CCCCN(C1CC1)C(C)C(C)N. The second-order valence-electron chi connectivity index (χ2n) is 4.42. The third kappa shape index (κ3) is 3.28. The lowest BCUT2D eigenvalue weighted by molar-refractivity contribution is 0.176. The van der Waals surface area contributed by atoms with E-state index >= 15 is 0 Å². The Morgan fingerprint density at radius 2 is 2.00 bits per heavy atom. The summed E-state index contributed by atoms with van der Waals surface area (Å²) in [7, 11) is 0. The average molecular weight is 184 g/mol. The van der Waals surface area contributed by atoms with E-state index in [1.54, 1.807) is 0 Å². The Hall–Kier alpha value is -0.0800. The van der Waals surface area contributed by atoms with E-state index in [9.17, 15) is 0 Å². The minimum absolute atomic E-state index is 0.303. The molecule has 2 unspecified atom stereocenters. The summed E-state index contributed by atoms with van der Waals surface area (Å²) in [4.78, 5) is 2.61. The lowest BCUT2D eigenvalue weighted by atomic mass is 10.1. The van der Waals surface area contributed by atoms with Gasteiger partial charge in [0.2, 0.25) is 0 Å². The van der Waals surface area contributed by atoms with Crippen LogP contribution in [0.4, 0.5) is 0 Å². The molecule has 1 rings (SSSR count). The van der Waals surface area contributed by atoms with Crippen LogP contribution in [0.15, 0.2) is 0 Å². The van der Waals surface area contributed by atoms with Gasteiger partial charge < -0.3 is 5.73 Å². The Morgan fingerprint density at radius 1 is 1.38 bits per heavy atom. The van der Waals surface area contributed by atoms with Gasteiger partial charge in [0.25, 0.3) is 0 Å². The van der Waals surface area contributed by atoms with Crippen LogP contribution in [0.1, 0.15) is 46.5 Å². The minimum Gasteiger partial charge on any atom is -0.327 e. The van der Waals surface area contributed by atoms with Crippen LogP contribution in [0.2, 0.25) is 0 Å². The summed E-state index contributed by atoms with van der Waals surface area (Å²) < 4.78 is 0. The molecule has 0 radical (unpaired) electrons. The van der Waals surface area contributed by atoms with E-state index in [-0.39, 0.29) is 0 Å². The third-order valence-corrected chi connectivity index (χ3v) is 3.07. The van der Waals surface area contributed by atoms with Gasteiger partial charge in [0.1, 0.15) is 0 Å². The van der Waals surface area contributed by atoms with Crippen LogP contribution >= 0.6 is 0 Å². The first-order valence-electron chi connectivity index (χ1n) is 5.68. The molecule has 1 aliphatic carbocycles. The largest absolute Gasteiger partial charge is 0.327 e. The lowest BCUT2D eigenvalue weighted by Crippen LogP contribution is -2.45. The molecule has 0 aliphatic heterocycles. The molecule has 0 aromatic heterocycles.